The van der Waals surface area contributed by atoms with Gasteiger partial charge in [-0.1, -0.05) is 0 Å². The SMILES string of the molecule is NC1CCCn2nc(-c3ccc(Br)o3)nc21. The van der Waals surface area contributed by atoms with E-state index in [1.54, 1.807) is 0 Å². The molecule has 0 aromatic carbocycles. The molecule has 3 rings (SSSR count). The third-order valence-electron chi connectivity index (χ3n) is 2.71. The third-order valence-corrected chi connectivity index (χ3v) is 3.14. The van der Waals surface area contributed by atoms with Gasteiger partial charge in [0.2, 0.25) is 5.82 Å². The van der Waals surface area contributed by atoms with Crippen LogP contribution >= 0.6 is 15.9 Å². The summed E-state index contributed by atoms with van der Waals surface area (Å²) in [4.78, 5) is 4.43. The Labute approximate surface area is 101 Å². The van der Waals surface area contributed by atoms with Crippen molar-refractivity contribution in [1.29, 1.82) is 0 Å². The Balaban J connectivity index is 2.04. The quantitative estimate of drug-likeness (QED) is 0.870. The van der Waals surface area contributed by atoms with Crippen LogP contribution in [0.1, 0.15) is 24.7 Å². The van der Waals surface area contributed by atoms with Crippen molar-refractivity contribution in [2.24, 2.45) is 5.73 Å². The maximum Gasteiger partial charge on any atom is 0.217 e. The summed E-state index contributed by atoms with van der Waals surface area (Å²) >= 11 is 3.26. The molecular weight excluding hydrogens is 272 g/mol. The fourth-order valence-electron chi connectivity index (χ4n) is 1.92. The monoisotopic (exact) mass is 282 g/mol. The number of nitrogens with zero attached hydrogens (tertiary/aromatic N) is 3. The van der Waals surface area contributed by atoms with Gasteiger partial charge in [-0.3, -0.25) is 0 Å². The highest BCUT2D eigenvalue weighted by atomic mass is 79.9. The average Bonchev–Trinajstić information content (AvgIpc) is 2.84. The minimum absolute atomic E-state index is 0.00611. The fraction of sp³-hybridized carbons (Fsp3) is 0.400. The van der Waals surface area contributed by atoms with Crippen LogP contribution < -0.4 is 5.73 Å². The van der Waals surface area contributed by atoms with E-state index in [0.717, 1.165) is 25.2 Å². The van der Waals surface area contributed by atoms with Crippen molar-refractivity contribution >= 4 is 15.9 Å². The van der Waals surface area contributed by atoms with Gasteiger partial charge in [0.1, 0.15) is 5.82 Å². The molecule has 6 heteroatoms. The van der Waals surface area contributed by atoms with E-state index in [4.69, 9.17) is 10.2 Å². The van der Waals surface area contributed by atoms with E-state index in [9.17, 15) is 0 Å². The topological polar surface area (TPSA) is 69.9 Å². The van der Waals surface area contributed by atoms with Crippen LogP contribution in [-0.2, 0) is 6.54 Å². The van der Waals surface area contributed by atoms with Gasteiger partial charge in [-0.2, -0.15) is 0 Å². The summed E-state index contributed by atoms with van der Waals surface area (Å²) in [7, 11) is 0. The molecule has 84 valence electrons. The highest BCUT2D eigenvalue weighted by molar-refractivity contribution is 9.10. The van der Waals surface area contributed by atoms with Crippen LogP contribution in [0.4, 0.5) is 0 Å². The van der Waals surface area contributed by atoms with Crippen molar-refractivity contribution < 1.29 is 4.42 Å². The maximum atomic E-state index is 5.98. The molecule has 5 nitrogen and oxygen atoms in total. The maximum absolute atomic E-state index is 5.98. The second-order valence-electron chi connectivity index (χ2n) is 3.87. The molecule has 0 amide bonds. The highest BCUT2D eigenvalue weighted by Crippen LogP contribution is 2.26. The number of furan rings is 1. The number of aromatic nitrogens is 3. The summed E-state index contributed by atoms with van der Waals surface area (Å²) in [5.41, 5.74) is 5.98. The number of fused-ring (bicyclic) bond motifs is 1. The van der Waals surface area contributed by atoms with Crippen molar-refractivity contribution in [3.05, 3.63) is 22.6 Å². The zero-order chi connectivity index (χ0) is 11.1. The molecule has 2 aromatic heterocycles. The first-order chi connectivity index (χ1) is 7.74. The standard InChI is InChI=1S/C10H11BrN4O/c11-8-4-3-7(16-8)9-13-10-6(12)2-1-5-15(10)14-9/h3-4,6H,1-2,5,12H2. The second-order valence-corrected chi connectivity index (χ2v) is 4.65. The van der Waals surface area contributed by atoms with Crippen LogP contribution in [0, 0.1) is 0 Å². The molecule has 1 aliphatic rings. The summed E-state index contributed by atoms with van der Waals surface area (Å²) in [5.74, 6) is 2.13. The lowest BCUT2D eigenvalue weighted by Gasteiger charge is -2.17. The molecule has 2 aromatic rings. The van der Waals surface area contributed by atoms with Gasteiger partial charge >= 0.3 is 0 Å². The van der Waals surface area contributed by atoms with E-state index in [2.05, 4.69) is 26.0 Å². The molecule has 2 N–H and O–H groups in total. The van der Waals surface area contributed by atoms with Crippen LogP contribution in [0.15, 0.2) is 21.2 Å². The van der Waals surface area contributed by atoms with Gasteiger partial charge in [-0.05, 0) is 40.9 Å². The van der Waals surface area contributed by atoms with Crippen molar-refractivity contribution in [2.75, 3.05) is 0 Å². The predicted molar refractivity (Wildman–Crippen MR) is 61.6 cm³/mol. The van der Waals surface area contributed by atoms with Gasteiger partial charge in [0, 0.05) is 6.54 Å². The Morgan fingerprint density at radius 3 is 3.06 bits per heavy atom. The molecule has 0 fully saturated rings. The largest absolute Gasteiger partial charge is 0.446 e. The number of hydrogen-bond donors (Lipinski definition) is 1. The van der Waals surface area contributed by atoms with Crippen LogP contribution in [0.5, 0.6) is 0 Å². The van der Waals surface area contributed by atoms with E-state index < -0.39 is 0 Å². The van der Waals surface area contributed by atoms with Gasteiger partial charge in [0.15, 0.2) is 10.4 Å². The van der Waals surface area contributed by atoms with E-state index in [1.165, 1.54) is 0 Å². The smallest absolute Gasteiger partial charge is 0.217 e. The Kier molecular flexibility index (Phi) is 2.33. The summed E-state index contributed by atoms with van der Waals surface area (Å²) < 4.78 is 7.98. The van der Waals surface area contributed by atoms with E-state index >= 15 is 0 Å². The summed E-state index contributed by atoms with van der Waals surface area (Å²) in [6.07, 6.45) is 2.03. The zero-order valence-electron chi connectivity index (χ0n) is 8.56. The highest BCUT2D eigenvalue weighted by Gasteiger charge is 2.22. The Morgan fingerprint density at radius 1 is 1.50 bits per heavy atom. The number of hydrogen-bond acceptors (Lipinski definition) is 4. The van der Waals surface area contributed by atoms with Gasteiger partial charge in [0.05, 0.1) is 6.04 Å². The van der Waals surface area contributed by atoms with Crippen molar-refractivity contribution in [1.82, 2.24) is 14.8 Å². The average molecular weight is 283 g/mol. The first-order valence-electron chi connectivity index (χ1n) is 5.20. The second kappa shape index (κ2) is 3.71. The summed E-state index contributed by atoms with van der Waals surface area (Å²) in [6.45, 7) is 0.887. The molecule has 1 unspecified atom stereocenters. The van der Waals surface area contributed by atoms with Crippen molar-refractivity contribution in [3.63, 3.8) is 0 Å². The first-order valence-corrected chi connectivity index (χ1v) is 5.99. The number of nitrogens with two attached hydrogens (primary N) is 1. The molecule has 0 spiro atoms. The molecular formula is C10H11BrN4O. The van der Waals surface area contributed by atoms with Crippen LogP contribution in [0.25, 0.3) is 11.6 Å². The van der Waals surface area contributed by atoms with Gasteiger partial charge in [-0.25, -0.2) is 9.67 Å². The van der Waals surface area contributed by atoms with E-state index in [0.29, 0.717) is 16.3 Å². The third kappa shape index (κ3) is 1.58. The molecule has 16 heavy (non-hydrogen) atoms. The lowest BCUT2D eigenvalue weighted by atomic mass is 10.1. The van der Waals surface area contributed by atoms with Crippen LogP contribution in [-0.4, -0.2) is 14.8 Å². The van der Waals surface area contributed by atoms with Gasteiger partial charge < -0.3 is 10.2 Å². The first kappa shape index (κ1) is 10.0. The lowest BCUT2D eigenvalue weighted by molar-refractivity contribution is 0.422. The molecule has 0 bridgehead atoms. The minimum Gasteiger partial charge on any atom is -0.446 e. The molecule has 1 atom stereocenters. The minimum atomic E-state index is -0.00611. The normalized spacial score (nSPS) is 19.8. The molecule has 0 aliphatic carbocycles. The zero-order valence-corrected chi connectivity index (χ0v) is 10.1. The Bertz CT molecular complexity index is 519. The van der Waals surface area contributed by atoms with E-state index in [-0.39, 0.29) is 6.04 Å². The molecule has 0 saturated carbocycles. The lowest BCUT2D eigenvalue weighted by Crippen LogP contribution is -2.22. The Hall–Kier alpha value is -1.14. The summed E-state index contributed by atoms with van der Waals surface area (Å²) in [5, 5.41) is 4.40. The van der Waals surface area contributed by atoms with Crippen LogP contribution in [0.3, 0.4) is 0 Å². The van der Waals surface area contributed by atoms with Gasteiger partial charge in [0.25, 0.3) is 0 Å². The predicted octanol–water partition coefficient (Wildman–Crippen LogP) is 2.09. The van der Waals surface area contributed by atoms with E-state index in [1.807, 2.05) is 16.8 Å². The van der Waals surface area contributed by atoms with Gasteiger partial charge in [-0.15, -0.1) is 5.10 Å². The molecule has 3 heterocycles. The van der Waals surface area contributed by atoms with Crippen molar-refractivity contribution in [2.45, 2.75) is 25.4 Å². The van der Waals surface area contributed by atoms with Crippen LogP contribution in [0.2, 0.25) is 0 Å². The number of aryl methyl sites for hydroxylation is 1. The molecule has 0 radical (unpaired) electrons. The fourth-order valence-corrected chi connectivity index (χ4v) is 2.23. The number of halogens is 1. The molecule has 1 aliphatic heterocycles. The van der Waals surface area contributed by atoms with Crippen molar-refractivity contribution in [3.8, 4) is 11.6 Å². The molecule has 0 saturated heterocycles. The Morgan fingerprint density at radius 2 is 2.38 bits per heavy atom. The number of rotatable bonds is 1. The summed E-state index contributed by atoms with van der Waals surface area (Å²) in [6, 6.07) is 3.67.